The van der Waals surface area contributed by atoms with Crippen LogP contribution in [0.15, 0.2) is 24.3 Å². The molecule has 0 aromatic heterocycles. The van der Waals surface area contributed by atoms with Crippen molar-refractivity contribution >= 4 is 58.0 Å². The van der Waals surface area contributed by atoms with Gasteiger partial charge in [0.05, 0.1) is 29.4 Å². The van der Waals surface area contributed by atoms with Gasteiger partial charge in [0.1, 0.15) is 17.3 Å². The van der Waals surface area contributed by atoms with Gasteiger partial charge in [0.25, 0.3) is 5.91 Å². The second kappa shape index (κ2) is 12.1. The number of halogens is 1. The fourth-order valence-electron chi connectivity index (χ4n) is 5.13. The second-order valence-corrected chi connectivity index (χ2v) is 13.0. The fraction of sp³-hybridized carbons (Fsp3) is 0.483. The molecule has 0 fully saturated rings. The first-order valence-electron chi connectivity index (χ1n) is 12.8. The zero-order chi connectivity index (χ0) is 27.8. The van der Waals surface area contributed by atoms with Gasteiger partial charge < -0.3 is 19.7 Å². The minimum absolute atomic E-state index is 0. The quantitative estimate of drug-likeness (QED) is 0.271. The van der Waals surface area contributed by atoms with Crippen LogP contribution in [-0.2, 0) is 16.0 Å². The van der Waals surface area contributed by atoms with Crippen LogP contribution in [0.1, 0.15) is 77.1 Å². The number of rotatable bonds is 8. The van der Waals surface area contributed by atoms with Gasteiger partial charge in [-0.25, -0.2) is 0 Å². The Balaban J connectivity index is 0.00000420. The summed E-state index contributed by atoms with van der Waals surface area (Å²) in [5.74, 6) is 1.31. The molecule has 0 bridgehead atoms. The van der Waals surface area contributed by atoms with Crippen molar-refractivity contribution < 1.29 is 19.1 Å². The van der Waals surface area contributed by atoms with Crippen molar-refractivity contribution in [1.29, 1.82) is 5.41 Å². The molecule has 7 nitrogen and oxygen atoms in total. The third kappa shape index (κ3) is 5.84. The number of ether oxygens (including phenoxy) is 2. The molecule has 0 unspecified atom stereocenters. The third-order valence-electron chi connectivity index (χ3n) is 7.21. The van der Waals surface area contributed by atoms with Gasteiger partial charge in [-0.15, -0.1) is 40.5 Å². The zero-order valence-electron chi connectivity index (χ0n) is 23.6. The maximum Gasteiger partial charge on any atom is 0.254 e. The lowest BCUT2D eigenvalue weighted by atomic mass is 9.82. The molecule has 0 atom stereocenters. The number of hydrogen-bond acceptors (Lipinski definition) is 7. The molecule has 10 heteroatoms. The van der Waals surface area contributed by atoms with Crippen LogP contribution in [-0.4, -0.2) is 61.7 Å². The molecule has 2 aliphatic rings. The van der Waals surface area contributed by atoms with Crippen molar-refractivity contribution in [3.8, 4) is 11.5 Å². The molecule has 1 amide bonds. The highest BCUT2D eigenvalue weighted by Crippen LogP contribution is 2.55. The van der Waals surface area contributed by atoms with E-state index in [9.17, 15) is 9.59 Å². The maximum atomic E-state index is 13.8. The number of nitrogens with zero attached hydrogens (tertiary/aromatic N) is 1. The van der Waals surface area contributed by atoms with E-state index in [4.69, 9.17) is 14.9 Å². The summed E-state index contributed by atoms with van der Waals surface area (Å²) in [7, 11) is 1.57. The topological polar surface area (TPSA) is 91.7 Å². The first-order chi connectivity index (χ1) is 18.0. The highest BCUT2D eigenvalue weighted by atomic mass is 79.9. The highest BCUT2D eigenvalue weighted by Gasteiger charge is 2.40. The number of hydrogen-bond donors (Lipinski definition) is 2. The van der Waals surface area contributed by atoms with E-state index in [0.29, 0.717) is 42.2 Å². The molecule has 2 aromatic carbocycles. The largest absolute Gasteiger partial charge is 0.493 e. The molecule has 0 aliphatic carbocycles. The minimum Gasteiger partial charge on any atom is -0.493 e. The predicted molar refractivity (Wildman–Crippen MR) is 167 cm³/mol. The number of nitrogens with one attached hydrogen (secondary N) is 2. The molecule has 2 N–H and O–H groups in total. The second-order valence-electron chi connectivity index (χ2n) is 10.6. The fourth-order valence-corrected chi connectivity index (χ4v) is 7.11. The first-order valence-corrected chi connectivity index (χ1v) is 15.3. The van der Waals surface area contributed by atoms with Gasteiger partial charge in [-0.1, -0.05) is 20.8 Å². The van der Waals surface area contributed by atoms with Crippen LogP contribution in [0.5, 0.6) is 11.5 Å². The Morgan fingerprint density at radius 1 is 1.18 bits per heavy atom. The van der Waals surface area contributed by atoms with Crippen molar-refractivity contribution in [2.24, 2.45) is 0 Å². The summed E-state index contributed by atoms with van der Waals surface area (Å²) < 4.78 is 11.7. The molecular formula is C29H38BrN3O4S2. The number of ketones is 1. The van der Waals surface area contributed by atoms with E-state index >= 15 is 0 Å². The van der Waals surface area contributed by atoms with Gasteiger partial charge in [0, 0.05) is 42.3 Å². The molecule has 0 spiro atoms. The Morgan fingerprint density at radius 3 is 2.46 bits per heavy atom. The molecule has 2 aromatic rings. The van der Waals surface area contributed by atoms with E-state index in [2.05, 4.69) is 38.6 Å². The summed E-state index contributed by atoms with van der Waals surface area (Å²) in [6.45, 7) is 9.84. The zero-order valence-corrected chi connectivity index (χ0v) is 27.0. The molecular weight excluding hydrogens is 598 g/mol. The van der Waals surface area contributed by atoms with Crippen molar-refractivity contribution in [2.45, 2.75) is 50.2 Å². The van der Waals surface area contributed by atoms with E-state index in [0.717, 1.165) is 28.9 Å². The SMILES string of the molecule is Br.CCOc1cc2c(cc1C(=O)NC)C(=N)N(CC(=O)c1cc(C(C)(C)C)c3c(c1)C(SC)(SC)CCO3)C2. The van der Waals surface area contributed by atoms with Crippen LogP contribution in [0, 0.1) is 5.41 Å². The van der Waals surface area contributed by atoms with E-state index in [-0.39, 0.29) is 50.5 Å². The van der Waals surface area contributed by atoms with Crippen molar-refractivity contribution in [3.63, 3.8) is 0 Å². The molecule has 0 radical (unpaired) electrons. The molecule has 0 saturated heterocycles. The number of Topliss-reactive ketones (excluding diaryl/α,β-unsaturated/α-hetero) is 1. The Bertz CT molecular complexity index is 1290. The lowest BCUT2D eigenvalue weighted by Gasteiger charge is -2.39. The van der Waals surface area contributed by atoms with Crippen LogP contribution < -0.4 is 14.8 Å². The molecule has 4 rings (SSSR count). The standard InChI is InChI=1S/C29H37N3O4S2.BrH/c1-8-35-24-13-18-15-32(26(30)19(18)14-20(24)27(34)31-5)16-23(33)17-11-21(28(2,3)4)25-22(12-17)29(37-6,38-7)9-10-36-25;/h11-14,30H,8-10,15-16H2,1-7H3,(H,31,34);1H. The van der Waals surface area contributed by atoms with Crippen molar-refractivity contribution in [1.82, 2.24) is 10.2 Å². The molecule has 2 heterocycles. The number of benzene rings is 2. The molecule has 2 aliphatic heterocycles. The number of carbonyl (C=O) groups excluding carboxylic acids is 2. The number of carbonyl (C=O) groups is 2. The molecule has 0 saturated carbocycles. The average Bonchev–Trinajstić information content (AvgIpc) is 3.19. The van der Waals surface area contributed by atoms with E-state index < -0.39 is 0 Å². The van der Waals surface area contributed by atoms with Gasteiger partial charge in [-0.3, -0.25) is 15.0 Å². The van der Waals surface area contributed by atoms with E-state index in [1.165, 1.54) is 0 Å². The summed E-state index contributed by atoms with van der Waals surface area (Å²) in [5, 5.41) is 11.4. The summed E-state index contributed by atoms with van der Waals surface area (Å²) >= 11 is 3.59. The Hall–Kier alpha value is -2.17. The van der Waals surface area contributed by atoms with Gasteiger partial charge in [-0.05, 0) is 54.7 Å². The Labute approximate surface area is 250 Å². The monoisotopic (exact) mass is 635 g/mol. The maximum absolute atomic E-state index is 13.8. The number of thioether (sulfide) groups is 2. The lowest BCUT2D eigenvalue weighted by molar-refractivity contribution is 0.0952. The van der Waals surface area contributed by atoms with Crippen molar-refractivity contribution in [3.05, 3.63) is 57.6 Å². The lowest BCUT2D eigenvalue weighted by Crippen LogP contribution is -2.32. The number of amidine groups is 1. The Kier molecular flexibility index (Phi) is 9.76. The summed E-state index contributed by atoms with van der Waals surface area (Å²) in [4.78, 5) is 28.0. The Morgan fingerprint density at radius 2 is 1.87 bits per heavy atom. The average molecular weight is 637 g/mol. The van der Waals surface area contributed by atoms with Gasteiger partial charge in [0.2, 0.25) is 0 Å². The first kappa shape index (κ1) is 31.4. The van der Waals surface area contributed by atoms with Crippen LogP contribution >= 0.6 is 40.5 Å². The number of amides is 1. The van der Waals surface area contributed by atoms with Crippen LogP contribution in [0.4, 0.5) is 0 Å². The highest BCUT2D eigenvalue weighted by molar-refractivity contribution is 8.93. The molecule has 212 valence electrons. The van der Waals surface area contributed by atoms with Gasteiger partial charge in [-0.2, -0.15) is 0 Å². The predicted octanol–water partition coefficient (Wildman–Crippen LogP) is 6.01. The normalized spacial score (nSPS) is 15.6. The van der Waals surface area contributed by atoms with E-state index in [1.54, 1.807) is 41.5 Å². The summed E-state index contributed by atoms with van der Waals surface area (Å²) in [5.41, 5.74) is 4.44. The summed E-state index contributed by atoms with van der Waals surface area (Å²) in [6, 6.07) is 7.50. The van der Waals surface area contributed by atoms with Crippen LogP contribution in [0.3, 0.4) is 0 Å². The van der Waals surface area contributed by atoms with Crippen molar-refractivity contribution in [2.75, 3.05) is 39.3 Å². The van der Waals surface area contributed by atoms with Crippen LogP contribution in [0.2, 0.25) is 0 Å². The number of fused-ring (bicyclic) bond motifs is 2. The van der Waals surface area contributed by atoms with Crippen LogP contribution in [0.25, 0.3) is 0 Å². The smallest absolute Gasteiger partial charge is 0.254 e. The minimum atomic E-state index is -0.268. The van der Waals surface area contributed by atoms with E-state index in [1.807, 2.05) is 25.1 Å². The third-order valence-corrected chi connectivity index (χ3v) is 10.4. The van der Waals surface area contributed by atoms with Gasteiger partial charge >= 0.3 is 0 Å². The summed E-state index contributed by atoms with van der Waals surface area (Å²) in [6.07, 6.45) is 5.10. The molecule has 39 heavy (non-hydrogen) atoms. The van der Waals surface area contributed by atoms with Gasteiger partial charge in [0.15, 0.2) is 5.78 Å².